The van der Waals surface area contributed by atoms with Gasteiger partial charge in [0.25, 0.3) is 0 Å². The number of halogens is 2. The van der Waals surface area contributed by atoms with Crippen molar-refractivity contribution < 1.29 is 4.52 Å². The highest BCUT2D eigenvalue weighted by molar-refractivity contribution is 9.10. The fraction of sp³-hybridized carbons (Fsp3) is 0.154. The Morgan fingerprint density at radius 1 is 1.26 bits per heavy atom. The summed E-state index contributed by atoms with van der Waals surface area (Å²) in [5.74, 6) is 0.818. The number of hydrogen-bond donors (Lipinski definition) is 0. The zero-order valence-corrected chi connectivity index (χ0v) is 12.3. The van der Waals surface area contributed by atoms with Gasteiger partial charge in [-0.3, -0.25) is 0 Å². The average Bonchev–Trinajstić information content (AvgIpc) is 2.87. The van der Waals surface area contributed by atoms with Crippen LogP contribution in [0.5, 0.6) is 0 Å². The monoisotopic (exact) mass is 337 g/mol. The summed E-state index contributed by atoms with van der Waals surface area (Å²) in [6, 6.07) is 9.83. The van der Waals surface area contributed by atoms with Gasteiger partial charge in [-0.25, -0.2) is 4.98 Å². The van der Waals surface area contributed by atoms with E-state index in [9.17, 15) is 0 Å². The normalized spacial score (nSPS) is 12.8. The number of pyridine rings is 1. The van der Waals surface area contributed by atoms with Crippen LogP contribution in [0.15, 0.2) is 39.3 Å². The van der Waals surface area contributed by atoms with Gasteiger partial charge in [0.05, 0.1) is 5.52 Å². The van der Waals surface area contributed by atoms with E-state index in [-0.39, 0.29) is 5.38 Å². The van der Waals surface area contributed by atoms with Crippen molar-refractivity contribution in [1.29, 1.82) is 0 Å². The predicted molar refractivity (Wildman–Crippen MR) is 77.0 cm³/mol. The highest BCUT2D eigenvalue weighted by Crippen LogP contribution is 2.29. The molecule has 3 rings (SSSR count). The third kappa shape index (κ3) is 2.35. The Morgan fingerprint density at radius 3 is 2.79 bits per heavy atom. The third-order valence-electron chi connectivity index (χ3n) is 2.67. The summed E-state index contributed by atoms with van der Waals surface area (Å²) >= 11 is 9.39. The van der Waals surface area contributed by atoms with Crippen LogP contribution in [0, 0.1) is 0 Å². The topological polar surface area (TPSA) is 51.8 Å². The number of hydrogen-bond acceptors (Lipinski definition) is 4. The molecule has 0 fully saturated rings. The first-order chi connectivity index (χ1) is 9.15. The van der Waals surface area contributed by atoms with Gasteiger partial charge in [0.15, 0.2) is 0 Å². The van der Waals surface area contributed by atoms with Crippen molar-refractivity contribution in [1.82, 2.24) is 15.1 Å². The first kappa shape index (κ1) is 12.6. The van der Waals surface area contributed by atoms with Gasteiger partial charge in [-0.05, 0) is 35.0 Å². The number of rotatable bonds is 2. The van der Waals surface area contributed by atoms with E-state index < -0.39 is 0 Å². The molecule has 3 aromatic rings. The summed E-state index contributed by atoms with van der Waals surface area (Å²) in [4.78, 5) is 8.79. The molecule has 19 heavy (non-hydrogen) atoms. The first-order valence-corrected chi connectivity index (χ1v) is 6.91. The Hall–Kier alpha value is -1.46. The lowest BCUT2D eigenvalue weighted by atomic mass is 10.2. The van der Waals surface area contributed by atoms with Crippen LogP contribution < -0.4 is 0 Å². The molecule has 96 valence electrons. The summed E-state index contributed by atoms with van der Waals surface area (Å²) in [7, 11) is 0. The maximum absolute atomic E-state index is 5.91. The fourth-order valence-corrected chi connectivity index (χ4v) is 2.34. The van der Waals surface area contributed by atoms with Crippen LogP contribution in [0.1, 0.15) is 18.2 Å². The van der Waals surface area contributed by atoms with Crippen molar-refractivity contribution in [2.75, 3.05) is 0 Å². The van der Waals surface area contributed by atoms with E-state index in [0.29, 0.717) is 17.4 Å². The minimum atomic E-state index is -0.319. The standard InChI is InChI=1S/C13H9BrClN3O/c1-7(15)13-17-12(18-19-13)11-9(14)6-8-4-2-3-5-10(8)16-11/h2-7H,1H3. The molecule has 0 N–H and O–H groups in total. The molecular weight excluding hydrogens is 330 g/mol. The lowest BCUT2D eigenvalue weighted by Gasteiger charge is -2.02. The highest BCUT2D eigenvalue weighted by Gasteiger charge is 2.16. The van der Waals surface area contributed by atoms with Crippen molar-refractivity contribution >= 4 is 38.4 Å². The molecule has 6 heteroatoms. The third-order valence-corrected chi connectivity index (χ3v) is 3.46. The summed E-state index contributed by atoms with van der Waals surface area (Å²) in [5.41, 5.74) is 1.52. The van der Waals surface area contributed by atoms with E-state index in [2.05, 4.69) is 31.1 Å². The van der Waals surface area contributed by atoms with Gasteiger partial charge in [0, 0.05) is 9.86 Å². The van der Waals surface area contributed by atoms with Crippen LogP contribution in [0.3, 0.4) is 0 Å². The molecule has 0 aliphatic rings. The molecule has 0 aliphatic carbocycles. The number of fused-ring (bicyclic) bond motifs is 1. The minimum absolute atomic E-state index is 0.319. The molecular formula is C13H9BrClN3O. The van der Waals surface area contributed by atoms with Crippen LogP contribution in [0.2, 0.25) is 0 Å². The van der Waals surface area contributed by atoms with Gasteiger partial charge in [-0.15, -0.1) is 11.6 Å². The van der Waals surface area contributed by atoms with Crippen molar-refractivity contribution in [2.24, 2.45) is 0 Å². The minimum Gasteiger partial charge on any atom is -0.337 e. The second-order valence-corrected chi connectivity index (χ2v) is 5.59. The molecule has 4 nitrogen and oxygen atoms in total. The molecule has 0 bridgehead atoms. The quantitative estimate of drug-likeness (QED) is 0.652. The summed E-state index contributed by atoms with van der Waals surface area (Å²) in [6.07, 6.45) is 0. The molecule has 1 atom stereocenters. The Morgan fingerprint density at radius 2 is 2.05 bits per heavy atom. The molecule has 0 radical (unpaired) electrons. The molecule has 1 unspecified atom stereocenters. The second-order valence-electron chi connectivity index (χ2n) is 4.08. The maximum atomic E-state index is 5.91. The van der Waals surface area contributed by atoms with Gasteiger partial charge in [-0.2, -0.15) is 4.98 Å². The highest BCUT2D eigenvalue weighted by atomic mass is 79.9. The van der Waals surface area contributed by atoms with Crippen LogP contribution in [-0.2, 0) is 0 Å². The summed E-state index contributed by atoms with van der Waals surface area (Å²) in [5, 5.41) is 4.64. The molecule has 0 amide bonds. The van der Waals surface area contributed by atoms with E-state index >= 15 is 0 Å². The summed E-state index contributed by atoms with van der Waals surface area (Å²) < 4.78 is 5.91. The van der Waals surface area contributed by atoms with Gasteiger partial charge in [0.2, 0.25) is 11.7 Å². The van der Waals surface area contributed by atoms with Gasteiger partial charge < -0.3 is 4.52 Å². The molecule has 1 aromatic carbocycles. The lowest BCUT2D eigenvalue weighted by molar-refractivity contribution is 0.379. The number of benzene rings is 1. The predicted octanol–water partition coefficient (Wildman–Crippen LogP) is 4.35. The van der Waals surface area contributed by atoms with E-state index in [1.54, 1.807) is 6.92 Å². The smallest absolute Gasteiger partial charge is 0.244 e. The van der Waals surface area contributed by atoms with E-state index in [0.717, 1.165) is 15.4 Å². The molecule has 0 saturated heterocycles. The second kappa shape index (κ2) is 4.90. The average molecular weight is 339 g/mol. The number of nitrogens with zero attached hydrogens (tertiary/aromatic N) is 3. The number of para-hydroxylation sites is 1. The van der Waals surface area contributed by atoms with Crippen LogP contribution in [0.25, 0.3) is 22.4 Å². The Bertz CT molecular complexity index is 742. The lowest BCUT2D eigenvalue weighted by Crippen LogP contribution is -1.90. The number of alkyl halides is 1. The van der Waals surface area contributed by atoms with Crippen molar-refractivity contribution in [3.8, 4) is 11.5 Å². The largest absolute Gasteiger partial charge is 0.337 e. The van der Waals surface area contributed by atoms with Gasteiger partial charge in [-0.1, -0.05) is 23.4 Å². The fourth-order valence-electron chi connectivity index (χ4n) is 1.74. The van der Waals surface area contributed by atoms with E-state index in [1.807, 2.05) is 30.3 Å². The van der Waals surface area contributed by atoms with E-state index in [4.69, 9.17) is 16.1 Å². The Balaban J connectivity index is 2.15. The van der Waals surface area contributed by atoms with E-state index in [1.165, 1.54) is 0 Å². The maximum Gasteiger partial charge on any atom is 0.244 e. The zero-order chi connectivity index (χ0) is 13.4. The Labute approximate surface area is 122 Å². The van der Waals surface area contributed by atoms with Crippen molar-refractivity contribution in [3.05, 3.63) is 40.7 Å². The van der Waals surface area contributed by atoms with Gasteiger partial charge >= 0.3 is 0 Å². The zero-order valence-electron chi connectivity index (χ0n) is 9.97. The molecule has 0 spiro atoms. The van der Waals surface area contributed by atoms with Crippen LogP contribution in [0.4, 0.5) is 0 Å². The van der Waals surface area contributed by atoms with Crippen molar-refractivity contribution in [2.45, 2.75) is 12.3 Å². The van der Waals surface area contributed by atoms with Crippen LogP contribution in [-0.4, -0.2) is 15.1 Å². The SMILES string of the molecule is CC(Cl)c1nc(-c2nc3ccccc3cc2Br)no1. The molecule has 0 aliphatic heterocycles. The molecule has 2 aromatic heterocycles. The molecule has 2 heterocycles. The molecule has 0 saturated carbocycles. The van der Waals surface area contributed by atoms with Crippen LogP contribution >= 0.6 is 27.5 Å². The number of aromatic nitrogens is 3. The Kier molecular flexibility index (Phi) is 3.24. The summed E-state index contributed by atoms with van der Waals surface area (Å²) in [6.45, 7) is 1.78. The van der Waals surface area contributed by atoms with Crippen molar-refractivity contribution in [3.63, 3.8) is 0 Å². The van der Waals surface area contributed by atoms with Gasteiger partial charge in [0.1, 0.15) is 11.1 Å². The first-order valence-electron chi connectivity index (χ1n) is 5.68.